The van der Waals surface area contributed by atoms with Crippen molar-refractivity contribution in [1.82, 2.24) is 20.1 Å². The lowest BCUT2D eigenvalue weighted by Crippen LogP contribution is -2.40. The summed E-state index contributed by atoms with van der Waals surface area (Å²) in [6, 6.07) is 9.18. The average Bonchev–Trinajstić information content (AvgIpc) is 2.69. The zero-order valence-electron chi connectivity index (χ0n) is 17.0. The summed E-state index contributed by atoms with van der Waals surface area (Å²) in [4.78, 5) is 39.0. The highest BCUT2D eigenvalue weighted by Crippen LogP contribution is 2.11. The summed E-state index contributed by atoms with van der Waals surface area (Å²) in [7, 11) is 0. The Morgan fingerprint density at radius 2 is 1.79 bits per heavy atom. The molecule has 0 aliphatic carbocycles. The van der Waals surface area contributed by atoms with Crippen molar-refractivity contribution in [3.63, 3.8) is 0 Å². The van der Waals surface area contributed by atoms with Gasteiger partial charge in [0.25, 0.3) is 5.56 Å². The van der Waals surface area contributed by atoms with Crippen LogP contribution in [0.15, 0.2) is 35.1 Å². The number of fused-ring (bicyclic) bond motifs is 1. The second-order valence-corrected chi connectivity index (χ2v) is 6.77. The van der Waals surface area contributed by atoms with E-state index in [1.165, 1.54) is 4.57 Å². The van der Waals surface area contributed by atoms with Crippen molar-refractivity contribution >= 4 is 22.6 Å². The Morgan fingerprint density at radius 1 is 1.07 bits per heavy atom. The van der Waals surface area contributed by atoms with Crippen molar-refractivity contribution in [3.05, 3.63) is 46.4 Å². The van der Waals surface area contributed by atoms with Crippen LogP contribution < -0.4 is 16.2 Å². The van der Waals surface area contributed by atoms with Crippen molar-refractivity contribution in [2.45, 2.75) is 33.7 Å². The van der Waals surface area contributed by atoms with Gasteiger partial charge in [0.1, 0.15) is 6.54 Å². The van der Waals surface area contributed by atoms with Crippen LogP contribution in [0.1, 0.15) is 26.0 Å². The summed E-state index contributed by atoms with van der Waals surface area (Å²) < 4.78 is 1.43. The van der Waals surface area contributed by atoms with Crippen molar-refractivity contribution in [2.75, 3.05) is 32.7 Å². The fourth-order valence-corrected chi connectivity index (χ4v) is 3.13. The third kappa shape index (κ3) is 5.92. The number of rotatable bonds is 10. The van der Waals surface area contributed by atoms with Gasteiger partial charge in [-0.1, -0.05) is 32.0 Å². The molecule has 2 N–H and O–H groups in total. The van der Waals surface area contributed by atoms with Gasteiger partial charge in [-0.2, -0.15) is 0 Å². The fourth-order valence-electron chi connectivity index (χ4n) is 3.13. The minimum Gasteiger partial charge on any atom is -0.355 e. The Morgan fingerprint density at radius 3 is 2.50 bits per heavy atom. The number of aryl methyl sites for hydroxylation is 1. The normalized spacial score (nSPS) is 11.0. The van der Waals surface area contributed by atoms with Gasteiger partial charge < -0.3 is 20.1 Å². The van der Waals surface area contributed by atoms with Gasteiger partial charge in [0.15, 0.2) is 0 Å². The second-order valence-electron chi connectivity index (χ2n) is 6.77. The molecule has 2 rings (SSSR count). The number of hydrogen-bond acceptors (Lipinski definition) is 4. The van der Waals surface area contributed by atoms with Crippen LogP contribution in [0.5, 0.6) is 0 Å². The van der Waals surface area contributed by atoms with E-state index in [1.807, 2.05) is 18.2 Å². The van der Waals surface area contributed by atoms with Crippen LogP contribution in [0.4, 0.5) is 0 Å². The predicted molar refractivity (Wildman–Crippen MR) is 111 cm³/mol. The summed E-state index contributed by atoms with van der Waals surface area (Å²) in [6.45, 7) is 9.32. The first-order valence-corrected chi connectivity index (χ1v) is 9.81. The highest BCUT2D eigenvalue weighted by Gasteiger charge is 2.11. The van der Waals surface area contributed by atoms with E-state index in [9.17, 15) is 14.4 Å². The van der Waals surface area contributed by atoms with Crippen molar-refractivity contribution in [3.8, 4) is 0 Å². The van der Waals surface area contributed by atoms with Crippen molar-refractivity contribution in [2.24, 2.45) is 0 Å². The molecule has 0 radical (unpaired) electrons. The van der Waals surface area contributed by atoms with E-state index in [0.29, 0.717) is 17.6 Å². The summed E-state index contributed by atoms with van der Waals surface area (Å²) in [6.07, 6.45) is 0.868. The molecule has 1 heterocycles. The standard InChI is InChI=1S/C21H30N4O3/c1-4-24(5-2)12-8-11-22-19(26)14-23-20(27)15-25-16(3)13-17-9-6-7-10-18(17)21(25)28/h6-7,9-10,13H,4-5,8,11-12,14-15H2,1-3H3,(H,22,26)(H,23,27). The van der Waals surface area contributed by atoms with Crippen LogP contribution in [-0.4, -0.2) is 54.0 Å². The van der Waals surface area contributed by atoms with Gasteiger partial charge in [0.05, 0.1) is 6.54 Å². The molecule has 2 aromatic rings. The number of carbonyl (C=O) groups is 2. The first-order valence-electron chi connectivity index (χ1n) is 9.81. The Balaban J connectivity index is 1.82. The highest BCUT2D eigenvalue weighted by atomic mass is 16.2. The maximum absolute atomic E-state index is 12.6. The summed E-state index contributed by atoms with van der Waals surface area (Å²) >= 11 is 0. The molecule has 0 spiro atoms. The molecule has 0 aliphatic heterocycles. The molecule has 1 aromatic heterocycles. The molecule has 2 amide bonds. The quantitative estimate of drug-likeness (QED) is 0.603. The first kappa shape index (κ1) is 21.6. The zero-order valence-corrected chi connectivity index (χ0v) is 17.0. The van der Waals surface area contributed by atoms with E-state index in [-0.39, 0.29) is 30.5 Å². The van der Waals surface area contributed by atoms with Gasteiger partial charge in [-0.15, -0.1) is 0 Å². The number of pyridine rings is 1. The maximum atomic E-state index is 12.6. The Bertz CT molecular complexity index is 872. The molecule has 0 saturated carbocycles. The number of nitrogens with zero attached hydrogens (tertiary/aromatic N) is 2. The summed E-state index contributed by atoms with van der Waals surface area (Å²) in [5.41, 5.74) is 0.506. The lowest BCUT2D eigenvalue weighted by atomic mass is 10.1. The molecule has 7 heteroatoms. The molecule has 152 valence electrons. The zero-order chi connectivity index (χ0) is 20.5. The minimum atomic E-state index is -0.362. The molecule has 0 aliphatic rings. The van der Waals surface area contributed by atoms with Crippen LogP contribution in [0, 0.1) is 6.92 Å². The number of aromatic nitrogens is 1. The maximum Gasteiger partial charge on any atom is 0.259 e. The average molecular weight is 386 g/mol. The Labute approximate surface area is 165 Å². The van der Waals surface area contributed by atoms with Gasteiger partial charge in [0, 0.05) is 17.6 Å². The van der Waals surface area contributed by atoms with Crippen molar-refractivity contribution < 1.29 is 9.59 Å². The largest absolute Gasteiger partial charge is 0.355 e. The highest BCUT2D eigenvalue weighted by molar-refractivity contribution is 5.85. The molecule has 0 saturated heterocycles. The molecule has 0 bridgehead atoms. The van der Waals surface area contributed by atoms with Crippen LogP contribution >= 0.6 is 0 Å². The second kappa shape index (κ2) is 10.6. The first-order chi connectivity index (χ1) is 13.5. The van der Waals surface area contributed by atoms with E-state index < -0.39 is 0 Å². The van der Waals surface area contributed by atoms with Crippen LogP contribution in [-0.2, 0) is 16.1 Å². The monoisotopic (exact) mass is 386 g/mol. The van der Waals surface area contributed by atoms with E-state index in [1.54, 1.807) is 19.1 Å². The smallest absolute Gasteiger partial charge is 0.259 e. The van der Waals surface area contributed by atoms with Gasteiger partial charge in [-0.25, -0.2) is 0 Å². The third-order valence-electron chi connectivity index (χ3n) is 4.84. The van der Waals surface area contributed by atoms with Gasteiger partial charge in [0.2, 0.25) is 11.8 Å². The molecule has 7 nitrogen and oxygen atoms in total. The molecule has 0 fully saturated rings. The lowest BCUT2D eigenvalue weighted by Gasteiger charge is -2.17. The third-order valence-corrected chi connectivity index (χ3v) is 4.84. The Kier molecular flexibility index (Phi) is 8.19. The minimum absolute atomic E-state index is 0.0918. The van der Waals surface area contributed by atoms with Gasteiger partial charge in [-0.05, 0) is 50.5 Å². The lowest BCUT2D eigenvalue weighted by molar-refractivity contribution is -0.126. The summed E-state index contributed by atoms with van der Waals surface area (Å²) in [5.74, 6) is -0.589. The number of hydrogen-bond donors (Lipinski definition) is 2. The van der Waals surface area contributed by atoms with E-state index >= 15 is 0 Å². The molecule has 28 heavy (non-hydrogen) atoms. The van der Waals surface area contributed by atoms with E-state index in [4.69, 9.17) is 0 Å². The van der Waals surface area contributed by atoms with E-state index in [0.717, 1.165) is 31.4 Å². The van der Waals surface area contributed by atoms with Crippen LogP contribution in [0.2, 0.25) is 0 Å². The molecular weight excluding hydrogens is 356 g/mol. The van der Waals surface area contributed by atoms with E-state index in [2.05, 4.69) is 29.4 Å². The molecular formula is C21H30N4O3. The fraction of sp³-hybridized carbons (Fsp3) is 0.476. The predicted octanol–water partition coefficient (Wildman–Crippen LogP) is 1.27. The Hall–Kier alpha value is -2.67. The molecule has 0 atom stereocenters. The number of benzene rings is 1. The number of amides is 2. The molecule has 1 aromatic carbocycles. The van der Waals surface area contributed by atoms with Crippen molar-refractivity contribution in [1.29, 1.82) is 0 Å². The number of nitrogens with one attached hydrogen (secondary N) is 2. The summed E-state index contributed by atoms with van der Waals surface area (Å²) in [5, 5.41) is 6.82. The number of carbonyl (C=O) groups excluding carboxylic acids is 2. The van der Waals surface area contributed by atoms with Crippen LogP contribution in [0.25, 0.3) is 10.8 Å². The van der Waals surface area contributed by atoms with Gasteiger partial charge in [-0.3, -0.25) is 14.4 Å². The van der Waals surface area contributed by atoms with Gasteiger partial charge >= 0.3 is 0 Å². The van der Waals surface area contributed by atoms with Crippen LogP contribution in [0.3, 0.4) is 0 Å². The topological polar surface area (TPSA) is 83.4 Å². The molecule has 0 unspecified atom stereocenters. The SMILES string of the molecule is CCN(CC)CCCNC(=O)CNC(=O)Cn1c(C)cc2ccccc2c1=O.